The Morgan fingerprint density at radius 3 is 2.38 bits per heavy atom. The Morgan fingerprint density at radius 1 is 1.38 bits per heavy atom. The summed E-state index contributed by atoms with van der Waals surface area (Å²) in [4.78, 5) is 25.7. The van der Waals surface area contributed by atoms with Crippen LogP contribution in [0, 0.1) is 11.3 Å². The summed E-state index contributed by atoms with van der Waals surface area (Å²) >= 11 is 0. The maximum atomic E-state index is 12.1. The Hall–Kier alpha value is -0.860. The fraction of sp³-hybridized carbons (Fsp3) is 0.846. The molecule has 1 rings (SSSR count). The highest BCUT2D eigenvalue weighted by atomic mass is 16.2. The number of hydrogen-bond donors (Lipinski definition) is 0. The minimum atomic E-state index is -0.245. The number of carbonyl (C=O) groups is 2. The van der Waals surface area contributed by atoms with Crippen molar-refractivity contribution >= 4 is 11.7 Å². The summed E-state index contributed by atoms with van der Waals surface area (Å²) in [6, 6.07) is 0. The fourth-order valence-electron chi connectivity index (χ4n) is 2.10. The molecule has 0 saturated carbocycles. The smallest absolute Gasteiger partial charge is 0.226 e. The molecule has 0 radical (unpaired) electrons. The molecule has 3 nitrogen and oxygen atoms in total. The molecule has 1 fully saturated rings. The molecule has 0 aromatic heterocycles. The van der Waals surface area contributed by atoms with Gasteiger partial charge in [0.25, 0.3) is 0 Å². The van der Waals surface area contributed by atoms with E-state index in [2.05, 4.69) is 0 Å². The zero-order valence-corrected chi connectivity index (χ0v) is 10.9. The normalized spacial score (nSPS) is 20.3. The Kier molecular flexibility index (Phi) is 4.11. The average molecular weight is 225 g/mol. The van der Waals surface area contributed by atoms with Gasteiger partial charge in [-0.2, -0.15) is 0 Å². The van der Waals surface area contributed by atoms with Crippen molar-refractivity contribution in [1.82, 2.24) is 4.90 Å². The van der Waals surface area contributed by atoms with Gasteiger partial charge in [0.2, 0.25) is 5.91 Å². The van der Waals surface area contributed by atoms with Gasteiger partial charge in [-0.15, -0.1) is 0 Å². The summed E-state index contributed by atoms with van der Waals surface area (Å²) < 4.78 is 0. The Morgan fingerprint density at radius 2 is 1.94 bits per heavy atom. The molecule has 0 atom stereocenters. The van der Waals surface area contributed by atoms with Crippen LogP contribution < -0.4 is 0 Å². The summed E-state index contributed by atoms with van der Waals surface area (Å²) in [5.41, 5.74) is -0.245. The van der Waals surface area contributed by atoms with Gasteiger partial charge in [-0.3, -0.25) is 9.59 Å². The van der Waals surface area contributed by atoms with Crippen LogP contribution in [0.2, 0.25) is 0 Å². The standard InChI is InChI=1S/C13H23NO2/c1-5-10(6-2)12(16)14-8-7-13(3,4)11(15)9-14/h10H,5-9H2,1-4H3. The van der Waals surface area contributed by atoms with Crippen molar-refractivity contribution in [2.24, 2.45) is 11.3 Å². The van der Waals surface area contributed by atoms with Crippen LogP contribution in [0.1, 0.15) is 47.0 Å². The molecule has 1 heterocycles. The lowest BCUT2D eigenvalue weighted by atomic mass is 9.81. The molecule has 92 valence electrons. The van der Waals surface area contributed by atoms with Crippen LogP contribution in [0.5, 0.6) is 0 Å². The average Bonchev–Trinajstić information content (AvgIpc) is 2.23. The third-order valence-corrected chi connectivity index (χ3v) is 3.74. The number of piperidine rings is 1. The van der Waals surface area contributed by atoms with Gasteiger partial charge in [-0.05, 0) is 19.3 Å². The van der Waals surface area contributed by atoms with Crippen molar-refractivity contribution < 1.29 is 9.59 Å². The quantitative estimate of drug-likeness (QED) is 0.738. The summed E-state index contributed by atoms with van der Waals surface area (Å²) in [6.45, 7) is 9.03. The number of Topliss-reactive ketones (excluding diaryl/α,β-unsaturated/α-hetero) is 1. The van der Waals surface area contributed by atoms with Gasteiger partial charge in [0, 0.05) is 17.9 Å². The lowest BCUT2D eigenvalue weighted by Crippen LogP contribution is -2.49. The fourth-order valence-corrected chi connectivity index (χ4v) is 2.10. The molecule has 16 heavy (non-hydrogen) atoms. The van der Waals surface area contributed by atoms with Crippen molar-refractivity contribution in [1.29, 1.82) is 0 Å². The van der Waals surface area contributed by atoms with Crippen molar-refractivity contribution in [3.05, 3.63) is 0 Å². The molecule has 0 N–H and O–H groups in total. The van der Waals surface area contributed by atoms with Gasteiger partial charge in [-0.1, -0.05) is 27.7 Å². The molecule has 0 unspecified atom stereocenters. The largest absolute Gasteiger partial charge is 0.335 e. The van der Waals surface area contributed by atoms with Crippen molar-refractivity contribution in [3.63, 3.8) is 0 Å². The molecule has 1 amide bonds. The second-order valence-corrected chi connectivity index (χ2v) is 5.33. The summed E-state index contributed by atoms with van der Waals surface area (Å²) in [5, 5.41) is 0. The Labute approximate surface area is 98.2 Å². The van der Waals surface area contributed by atoms with Crippen LogP contribution >= 0.6 is 0 Å². The number of carbonyl (C=O) groups excluding carboxylic acids is 2. The highest BCUT2D eigenvalue weighted by molar-refractivity contribution is 5.91. The number of nitrogens with zero attached hydrogens (tertiary/aromatic N) is 1. The van der Waals surface area contributed by atoms with Crippen LogP contribution in [0.3, 0.4) is 0 Å². The molecule has 1 aliphatic heterocycles. The van der Waals surface area contributed by atoms with Crippen molar-refractivity contribution in [2.45, 2.75) is 47.0 Å². The van der Waals surface area contributed by atoms with Gasteiger partial charge < -0.3 is 4.90 Å². The minimum Gasteiger partial charge on any atom is -0.335 e. The summed E-state index contributed by atoms with van der Waals surface area (Å²) in [7, 11) is 0. The SMILES string of the molecule is CCC(CC)C(=O)N1CCC(C)(C)C(=O)C1. The van der Waals surface area contributed by atoms with E-state index in [0.717, 1.165) is 25.8 Å². The molecule has 0 spiro atoms. The first-order valence-electron chi connectivity index (χ1n) is 6.24. The molecule has 1 aliphatic rings. The number of ketones is 1. The van der Waals surface area contributed by atoms with Crippen LogP contribution in [-0.2, 0) is 9.59 Å². The van der Waals surface area contributed by atoms with Crippen molar-refractivity contribution in [3.8, 4) is 0 Å². The lowest BCUT2D eigenvalue weighted by Gasteiger charge is -2.36. The number of hydrogen-bond acceptors (Lipinski definition) is 2. The Bertz CT molecular complexity index is 280. The first kappa shape index (κ1) is 13.2. The third-order valence-electron chi connectivity index (χ3n) is 3.74. The van der Waals surface area contributed by atoms with E-state index >= 15 is 0 Å². The molecule has 0 aromatic carbocycles. The minimum absolute atomic E-state index is 0.0917. The predicted molar refractivity (Wildman–Crippen MR) is 64.1 cm³/mol. The maximum absolute atomic E-state index is 12.1. The van der Waals surface area contributed by atoms with Gasteiger partial charge in [0.15, 0.2) is 5.78 Å². The van der Waals surface area contributed by atoms with Crippen LogP contribution in [-0.4, -0.2) is 29.7 Å². The van der Waals surface area contributed by atoms with E-state index in [1.165, 1.54) is 0 Å². The van der Waals surface area contributed by atoms with E-state index in [0.29, 0.717) is 6.54 Å². The monoisotopic (exact) mass is 225 g/mol. The van der Waals surface area contributed by atoms with E-state index in [1.54, 1.807) is 4.90 Å². The molecule has 1 saturated heterocycles. The van der Waals surface area contributed by atoms with E-state index in [4.69, 9.17) is 0 Å². The first-order valence-corrected chi connectivity index (χ1v) is 6.24. The third kappa shape index (κ3) is 2.63. The zero-order chi connectivity index (χ0) is 12.3. The van der Waals surface area contributed by atoms with Crippen LogP contribution in [0.4, 0.5) is 0 Å². The highest BCUT2D eigenvalue weighted by Gasteiger charge is 2.36. The van der Waals surface area contributed by atoms with E-state index in [1.807, 2.05) is 27.7 Å². The highest BCUT2D eigenvalue weighted by Crippen LogP contribution is 2.28. The molecular weight excluding hydrogens is 202 g/mol. The number of amides is 1. The van der Waals surface area contributed by atoms with E-state index < -0.39 is 0 Å². The van der Waals surface area contributed by atoms with Gasteiger partial charge in [-0.25, -0.2) is 0 Å². The number of rotatable bonds is 3. The summed E-state index contributed by atoms with van der Waals surface area (Å²) in [6.07, 6.45) is 2.52. The molecular formula is C13H23NO2. The summed E-state index contributed by atoms with van der Waals surface area (Å²) in [5.74, 6) is 0.445. The van der Waals surface area contributed by atoms with Crippen molar-refractivity contribution in [2.75, 3.05) is 13.1 Å². The molecule has 0 aliphatic carbocycles. The topological polar surface area (TPSA) is 37.4 Å². The number of likely N-dealkylation sites (tertiary alicyclic amines) is 1. The molecule has 0 bridgehead atoms. The van der Waals surface area contributed by atoms with Crippen LogP contribution in [0.25, 0.3) is 0 Å². The lowest BCUT2D eigenvalue weighted by molar-refractivity contribution is -0.145. The second-order valence-electron chi connectivity index (χ2n) is 5.33. The van der Waals surface area contributed by atoms with Gasteiger partial charge in [0.1, 0.15) is 0 Å². The van der Waals surface area contributed by atoms with E-state index in [-0.39, 0.29) is 23.0 Å². The zero-order valence-electron chi connectivity index (χ0n) is 10.9. The van der Waals surface area contributed by atoms with Crippen LogP contribution in [0.15, 0.2) is 0 Å². The second kappa shape index (κ2) is 4.98. The predicted octanol–water partition coefficient (Wildman–Crippen LogP) is 2.25. The first-order chi connectivity index (χ1) is 7.42. The van der Waals surface area contributed by atoms with E-state index in [9.17, 15) is 9.59 Å². The van der Waals surface area contributed by atoms with Gasteiger partial charge >= 0.3 is 0 Å². The maximum Gasteiger partial charge on any atom is 0.226 e. The van der Waals surface area contributed by atoms with Gasteiger partial charge in [0.05, 0.1) is 6.54 Å². The molecule has 3 heteroatoms. The molecule has 0 aromatic rings. The Balaban J connectivity index is 2.64.